The summed E-state index contributed by atoms with van der Waals surface area (Å²) in [4.78, 5) is 14.1. The highest BCUT2D eigenvalue weighted by atomic mass is 16.5. The van der Waals surface area contributed by atoms with E-state index < -0.39 is 0 Å². The number of aliphatic hydroxyl groups is 1. The first-order chi connectivity index (χ1) is 10.7. The second kappa shape index (κ2) is 11.0. The normalized spacial score (nSPS) is 18.9. The third-order valence-corrected chi connectivity index (χ3v) is 3.75. The zero-order valence-electron chi connectivity index (χ0n) is 13.4. The highest BCUT2D eigenvalue weighted by Gasteiger charge is 2.21. The van der Waals surface area contributed by atoms with Gasteiger partial charge in [-0.05, 0) is 39.0 Å². The van der Waals surface area contributed by atoms with Crippen molar-refractivity contribution in [2.24, 2.45) is 0 Å². The van der Waals surface area contributed by atoms with Crippen molar-refractivity contribution in [1.29, 1.82) is 5.26 Å². The molecule has 0 spiro atoms. The zero-order chi connectivity index (χ0) is 16.2. The van der Waals surface area contributed by atoms with Crippen LogP contribution in [0, 0.1) is 11.3 Å². The number of nitrogens with zero attached hydrogens (tertiary/aromatic N) is 2. The van der Waals surface area contributed by atoms with Gasteiger partial charge in [-0.3, -0.25) is 4.79 Å². The molecule has 1 fully saturated rings. The molecule has 0 aromatic carbocycles. The fraction of sp³-hybridized carbons (Fsp3) is 0.750. The molecule has 0 saturated carbocycles. The Labute approximate surface area is 132 Å². The number of ether oxygens (including phenoxy) is 1. The van der Waals surface area contributed by atoms with Crippen molar-refractivity contribution >= 4 is 5.91 Å². The molecule has 6 heteroatoms. The molecule has 6 nitrogen and oxygen atoms in total. The predicted octanol–water partition coefficient (Wildman–Crippen LogP) is 1.17. The molecule has 1 heterocycles. The lowest BCUT2D eigenvalue weighted by molar-refractivity contribution is -0.117. The summed E-state index contributed by atoms with van der Waals surface area (Å²) in [5, 5.41) is 21.1. The van der Waals surface area contributed by atoms with Crippen LogP contribution in [0.1, 0.15) is 39.0 Å². The van der Waals surface area contributed by atoms with E-state index in [0.29, 0.717) is 26.2 Å². The van der Waals surface area contributed by atoms with E-state index in [1.165, 1.54) is 0 Å². The molecule has 1 unspecified atom stereocenters. The number of nitrogens with one attached hydrogen (secondary N) is 1. The molecule has 124 valence electrons. The second-order valence-corrected chi connectivity index (χ2v) is 5.36. The molecule has 1 atom stereocenters. The van der Waals surface area contributed by atoms with Gasteiger partial charge in [-0.1, -0.05) is 0 Å². The van der Waals surface area contributed by atoms with Crippen molar-refractivity contribution in [3.8, 4) is 6.07 Å². The fourth-order valence-corrected chi connectivity index (χ4v) is 2.57. The van der Waals surface area contributed by atoms with Crippen LogP contribution in [0.4, 0.5) is 0 Å². The number of piperidine rings is 1. The summed E-state index contributed by atoms with van der Waals surface area (Å²) < 4.78 is 5.20. The molecule has 0 aromatic rings. The summed E-state index contributed by atoms with van der Waals surface area (Å²) in [6, 6.07) is 2.19. The molecule has 0 radical (unpaired) electrons. The number of likely N-dealkylation sites (tertiary alicyclic amines) is 1. The Morgan fingerprint density at radius 1 is 1.55 bits per heavy atom. The molecule has 1 aliphatic rings. The minimum absolute atomic E-state index is 0.126. The summed E-state index contributed by atoms with van der Waals surface area (Å²) in [5.74, 6) is -0.340. The van der Waals surface area contributed by atoms with Gasteiger partial charge in [0.05, 0.1) is 0 Å². The maximum absolute atomic E-state index is 12.0. The third kappa shape index (κ3) is 6.46. The van der Waals surface area contributed by atoms with Crippen molar-refractivity contribution in [1.82, 2.24) is 10.2 Å². The molecule has 1 aliphatic heterocycles. The van der Waals surface area contributed by atoms with Gasteiger partial charge in [0, 0.05) is 45.2 Å². The number of carbonyl (C=O) groups excluding carboxylic acids is 1. The third-order valence-electron chi connectivity index (χ3n) is 3.75. The number of hydrogen-bond acceptors (Lipinski definition) is 5. The van der Waals surface area contributed by atoms with E-state index in [0.717, 1.165) is 32.2 Å². The summed E-state index contributed by atoms with van der Waals surface area (Å²) in [5.41, 5.74) is 0.126. The molecule has 2 N–H and O–H groups in total. The van der Waals surface area contributed by atoms with Gasteiger partial charge in [0.2, 0.25) is 0 Å². The second-order valence-electron chi connectivity index (χ2n) is 5.36. The van der Waals surface area contributed by atoms with E-state index in [1.54, 1.807) is 6.20 Å². The largest absolute Gasteiger partial charge is 0.396 e. The summed E-state index contributed by atoms with van der Waals surface area (Å²) >= 11 is 0. The number of nitriles is 1. The molecular formula is C16H27N3O3. The lowest BCUT2D eigenvalue weighted by atomic mass is 10.00. The quantitative estimate of drug-likeness (QED) is 0.379. The van der Waals surface area contributed by atoms with Crippen LogP contribution in [-0.4, -0.2) is 54.9 Å². The van der Waals surface area contributed by atoms with E-state index in [-0.39, 0.29) is 24.1 Å². The van der Waals surface area contributed by atoms with Gasteiger partial charge in [-0.15, -0.1) is 0 Å². The highest BCUT2D eigenvalue weighted by Crippen LogP contribution is 2.20. The Hall–Kier alpha value is -1.58. The Balaban J connectivity index is 2.53. The molecule has 0 aromatic heterocycles. The van der Waals surface area contributed by atoms with Crippen molar-refractivity contribution in [2.75, 3.05) is 32.9 Å². The fourth-order valence-electron chi connectivity index (χ4n) is 2.57. The highest BCUT2D eigenvalue weighted by molar-refractivity contribution is 5.97. The zero-order valence-corrected chi connectivity index (χ0v) is 13.4. The number of amides is 1. The van der Waals surface area contributed by atoms with E-state index in [4.69, 9.17) is 9.84 Å². The first-order valence-corrected chi connectivity index (χ1v) is 8.07. The standard InChI is InChI=1S/C16H27N3O3/c1-2-22-11-5-8-18-16(21)14(12-17)13-19-9-4-3-6-15(19)7-10-20/h13,15,20H,2-11H2,1H3,(H,18,21)/b14-13-. The molecule has 1 rings (SSSR count). The first-order valence-electron chi connectivity index (χ1n) is 8.07. The van der Waals surface area contributed by atoms with Crippen LogP contribution in [0.2, 0.25) is 0 Å². The van der Waals surface area contributed by atoms with Crippen molar-refractivity contribution in [2.45, 2.75) is 45.1 Å². The van der Waals surface area contributed by atoms with Crippen LogP contribution in [0.5, 0.6) is 0 Å². The number of hydrogen-bond donors (Lipinski definition) is 2. The van der Waals surface area contributed by atoms with E-state index in [1.807, 2.05) is 17.9 Å². The number of rotatable bonds is 9. The summed E-state index contributed by atoms with van der Waals surface area (Å²) in [7, 11) is 0. The van der Waals surface area contributed by atoms with Gasteiger partial charge in [0.25, 0.3) is 5.91 Å². The lowest BCUT2D eigenvalue weighted by Gasteiger charge is -2.34. The van der Waals surface area contributed by atoms with Crippen molar-refractivity contribution in [3.05, 3.63) is 11.8 Å². The van der Waals surface area contributed by atoms with Crippen LogP contribution in [0.3, 0.4) is 0 Å². The summed E-state index contributed by atoms with van der Waals surface area (Å²) in [6.45, 7) is 4.65. The van der Waals surface area contributed by atoms with E-state index in [9.17, 15) is 10.1 Å². The number of aliphatic hydroxyl groups excluding tert-OH is 1. The average molecular weight is 309 g/mol. The lowest BCUT2D eigenvalue weighted by Crippen LogP contribution is -2.37. The monoisotopic (exact) mass is 309 g/mol. The molecule has 22 heavy (non-hydrogen) atoms. The topological polar surface area (TPSA) is 85.6 Å². The molecule has 0 aliphatic carbocycles. The van der Waals surface area contributed by atoms with Gasteiger partial charge in [-0.2, -0.15) is 5.26 Å². The Kier molecular flexibility index (Phi) is 9.28. The van der Waals surface area contributed by atoms with Crippen LogP contribution in [0.15, 0.2) is 11.8 Å². The van der Waals surface area contributed by atoms with Crippen LogP contribution in [-0.2, 0) is 9.53 Å². The van der Waals surface area contributed by atoms with Crippen LogP contribution in [0.25, 0.3) is 0 Å². The number of carbonyl (C=O) groups is 1. The van der Waals surface area contributed by atoms with Gasteiger partial charge in [0.1, 0.15) is 11.6 Å². The molecule has 1 amide bonds. The summed E-state index contributed by atoms with van der Waals surface area (Å²) in [6.07, 6.45) is 6.22. The maximum Gasteiger partial charge on any atom is 0.263 e. The van der Waals surface area contributed by atoms with E-state index >= 15 is 0 Å². The first kappa shape index (κ1) is 18.5. The molecule has 0 bridgehead atoms. The van der Waals surface area contributed by atoms with Gasteiger partial charge in [0.15, 0.2) is 0 Å². The van der Waals surface area contributed by atoms with Gasteiger partial charge < -0.3 is 20.1 Å². The Morgan fingerprint density at radius 3 is 3.05 bits per heavy atom. The van der Waals surface area contributed by atoms with Gasteiger partial charge in [-0.25, -0.2) is 0 Å². The molecular weight excluding hydrogens is 282 g/mol. The molecule has 1 saturated heterocycles. The van der Waals surface area contributed by atoms with Crippen LogP contribution < -0.4 is 5.32 Å². The smallest absolute Gasteiger partial charge is 0.263 e. The Morgan fingerprint density at radius 2 is 2.36 bits per heavy atom. The SMILES string of the molecule is CCOCCCNC(=O)/C(C#N)=C\N1CCCCC1CCO. The van der Waals surface area contributed by atoms with E-state index in [2.05, 4.69) is 5.32 Å². The van der Waals surface area contributed by atoms with Crippen LogP contribution >= 0.6 is 0 Å². The minimum atomic E-state index is -0.340. The van der Waals surface area contributed by atoms with Gasteiger partial charge >= 0.3 is 0 Å². The predicted molar refractivity (Wildman–Crippen MR) is 83.9 cm³/mol. The van der Waals surface area contributed by atoms with Crippen molar-refractivity contribution < 1.29 is 14.6 Å². The minimum Gasteiger partial charge on any atom is -0.396 e. The van der Waals surface area contributed by atoms with Crippen molar-refractivity contribution in [3.63, 3.8) is 0 Å². The Bertz CT molecular complexity index is 402. The average Bonchev–Trinajstić information content (AvgIpc) is 2.54. The maximum atomic E-state index is 12.0.